The van der Waals surface area contributed by atoms with E-state index in [2.05, 4.69) is 14.9 Å². The van der Waals surface area contributed by atoms with E-state index in [1.54, 1.807) is 13.1 Å². The van der Waals surface area contributed by atoms with Crippen molar-refractivity contribution >= 4 is 34.9 Å². The predicted octanol–water partition coefficient (Wildman–Crippen LogP) is 6.01. The molecule has 2 unspecified atom stereocenters. The minimum atomic E-state index is -0.730. The van der Waals surface area contributed by atoms with Crippen LogP contribution in [0.5, 0.6) is 5.88 Å². The standard InChI is InChI=1S/C28H30Cl2FN5O2/c1-17(24-21(29)10-11-22(31)25(24)30)38-27-26(32)33-15-23(34-27)18-6-8-19(9-7-18)28(37)36-14-4-5-20(36)16-35-12-2-3-13-35/h6-11,15,17,20H,2-5,12-14,16H2,1H3,(H2,32,33). The number of nitrogens with two attached hydrogens (primary N) is 1. The van der Waals surface area contributed by atoms with Gasteiger partial charge >= 0.3 is 0 Å². The zero-order valence-corrected chi connectivity index (χ0v) is 22.7. The highest BCUT2D eigenvalue weighted by molar-refractivity contribution is 6.36. The average molecular weight is 558 g/mol. The van der Waals surface area contributed by atoms with E-state index in [-0.39, 0.29) is 33.7 Å². The molecular weight excluding hydrogens is 528 g/mol. The number of hydrogen-bond acceptors (Lipinski definition) is 6. The van der Waals surface area contributed by atoms with Gasteiger partial charge in [0.15, 0.2) is 5.82 Å². The first kappa shape index (κ1) is 26.7. The third-order valence-electron chi connectivity index (χ3n) is 7.27. The molecule has 2 aromatic carbocycles. The molecule has 3 aromatic rings. The molecule has 2 aliphatic rings. The second-order valence-corrected chi connectivity index (χ2v) is 10.6. The lowest BCUT2D eigenvalue weighted by atomic mass is 10.1. The highest BCUT2D eigenvalue weighted by atomic mass is 35.5. The first-order valence-corrected chi connectivity index (χ1v) is 13.6. The lowest BCUT2D eigenvalue weighted by molar-refractivity contribution is 0.0709. The molecule has 38 heavy (non-hydrogen) atoms. The second-order valence-electron chi connectivity index (χ2n) is 9.84. The van der Waals surface area contributed by atoms with E-state index in [9.17, 15) is 9.18 Å². The van der Waals surface area contributed by atoms with E-state index in [0.29, 0.717) is 16.8 Å². The summed E-state index contributed by atoms with van der Waals surface area (Å²) in [6, 6.07) is 10.2. The molecule has 3 heterocycles. The molecule has 2 fully saturated rings. The second kappa shape index (κ2) is 11.4. The van der Waals surface area contributed by atoms with Crippen LogP contribution in [0, 0.1) is 5.82 Å². The molecule has 2 atom stereocenters. The normalized spacial score (nSPS) is 18.6. The summed E-state index contributed by atoms with van der Waals surface area (Å²) in [4.78, 5) is 26.5. The van der Waals surface area contributed by atoms with Crippen molar-refractivity contribution in [1.29, 1.82) is 0 Å². The van der Waals surface area contributed by atoms with Gasteiger partial charge in [0.05, 0.1) is 16.9 Å². The number of rotatable bonds is 7. The Hall–Kier alpha value is -2.94. The Morgan fingerprint density at radius 2 is 1.87 bits per heavy atom. The maximum atomic E-state index is 14.0. The summed E-state index contributed by atoms with van der Waals surface area (Å²) in [5.41, 5.74) is 8.23. The van der Waals surface area contributed by atoms with Crippen LogP contribution in [-0.4, -0.2) is 57.9 Å². The number of likely N-dealkylation sites (tertiary alicyclic amines) is 2. The molecule has 2 aliphatic heterocycles. The number of carbonyl (C=O) groups is 1. The number of hydrogen-bond donors (Lipinski definition) is 1. The van der Waals surface area contributed by atoms with Crippen LogP contribution < -0.4 is 10.5 Å². The molecule has 10 heteroatoms. The molecule has 7 nitrogen and oxygen atoms in total. The Bertz CT molecular complexity index is 1320. The molecule has 1 amide bonds. The number of carbonyl (C=O) groups excluding carboxylic acids is 1. The van der Waals surface area contributed by atoms with Gasteiger partial charge in [-0.25, -0.2) is 14.4 Å². The fraction of sp³-hybridized carbons (Fsp3) is 0.393. The maximum absolute atomic E-state index is 14.0. The number of amides is 1. The lowest BCUT2D eigenvalue weighted by Crippen LogP contribution is -2.42. The molecule has 0 spiro atoms. The number of anilines is 1. The third kappa shape index (κ3) is 5.58. The summed E-state index contributed by atoms with van der Waals surface area (Å²) < 4.78 is 19.9. The van der Waals surface area contributed by atoms with Gasteiger partial charge in [0, 0.05) is 40.8 Å². The molecule has 0 radical (unpaired) electrons. The molecule has 1 aromatic heterocycles. The quantitative estimate of drug-likeness (QED) is 0.358. The highest BCUT2D eigenvalue weighted by Gasteiger charge is 2.31. The van der Waals surface area contributed by atoms with Crippen LogP contribution in [-0.2, 0) is 0 Å². The summed E-state index contributed by atoms with van der Waals surface area (Å²) in [5, 5.41) is 0.154. The van der Waals surface area contributed by atoms with Gasteiger partial charge < -0.3 is 20.3 Å². The van der Waals surface area contributed by atoms with Crippen LogP contribution in [0.1, 0.15) is 54.6 Å². The fourth-order valence-corrected chi connectivity index (χ4v) is 5.93. The monoisotopic (exact) mass is 557 g/mol. The Kier molecular flexibility index (Phi) is 8.02. The van der Waals surface area contributed by atoms with E-state index in [4.69, 9.17) is 33.7 Å². The molecule has 200 valence electrons. The van der Waals surface area contributed by atoms with Gasteiger partial charge in [-0.3, -0.25) is 4.79 Å². The number of nitrogen functional groups attached to an aromatic ring is 1. The first-order valence-electron chi connectivity index (χ1n) is 12.9. The van der Waals surface area contributed by atoms with Crippen molar-refractivity contribution in [2.75, 3.05) is 31.9 Å². The summed E-state index contributed by atoms with van der Waals surface area (Å²) in [7, 11) is 0. The lowest BCUT2D eigenvalue weighted by Gasteiger charge is -2.28. The van der Waals surface area contributed by atoms with Crippen molar-refractivity contribution in [3.8, 4) is 17.1 Å². The van der Waals surface area contributed by atoms with E-state index in [1.807, 2.05) is 29.2 Å². The molecule has 5 rings (SSSR count). The number of halogens is 3. The van der Waals surface area contributed by atoms with Crippen LogP contribution in [0.3, 0.4) is 0 Å². The van der Waals surface area contributed by atoms with E-state index in [0.717, 1.165) is 44.6 Å². The topological polar surface area (TPSA) is 84.6 Å². The Labute approximate surface area is 231 Å². The van der Waals surface area contributed by atoms with E-state index >= 15 is 0 Å². The number of aromatic nitrogens is 2. The smallest absolute Gasteiger partial charge is 0.258 e. The van der Waals surface area contributed by atoms with Crippen molar-refractivity contribution in [1.82, 2.24) is 19.8 Å². The van der Waals surface area contributed by atoms with E-state index < -0.39 is 11.9 Å². The molecular formula is C28H30Cl2FN5O2. The van der Waals surface area contributed by atoms with Gasteiger partial charge in [-0.1, -0.05) is 35.3 Å². The predicted molar refractivity (Wildman–Crippen MR) is 147 cm³/mol. The van der Waals surface area contributed by atoms with Crippen LogP contribution in [0.25, 0.3) is 11.3 Å². The minimum Gasteiger partial charge on any atom is -0.467 e. The molecule has 2 N–H and O–H groups in total. The number of ether oxygens (including phenoxy) is 1. The van der Waals surface area contributed by atoms with Crippen LogP contribution in [0.2, 0.25) is 10.0 Å². The van der Waals surface area contributed by atoms with Gasteiger partial charge in [0.1, 0.15) is 11.9 Å². The Balaban J connectivity index is 1.31. The first-order chi connectivity index (χ1) is 18.3. The van der Waals surface area contributed by atoms with Crippen LogP contribution in [0.4, 0.5) is 10.2 Å². The molecule has 2 saturated heterocycles. The molecule has 0 aliphatic carbocycles. The van der Waals surface area contributed by atoms with Crippen LogP contribution in [0.15, 0.2) is 42.6 Å². The summed E-state index contributed by atoms with van der Waals surface area (Å²) in [5.74, 6) is -0.383. The van der Waals surface area contributed by atoms with Crippen molar-refractivity contribution < 1.29 is 13.9 Å². The molecule has 0 bridgehead atoms. The summed E-state index contributed by atoms with van der Waals surface area (Å²) in [6.07, 6.45) is 5.39. The third-order valence-corrected chi connectivity index (χ3v) is 7.99. The van der Waals surface area contributed by atoms with Crippen molar-refractivity contribution in [3.05, 3.63) is 69.6 Å². The van der Waals surface area contributed by atoms with Gasteiger partial charge in [-0.15, -0.1) is 0 Å². The number of nitrogens with zero attached hydrogens (tertiary/aromatic N) is 4. The van der Waals surface area contributed by atoms with Crippen LogP contribution >= 0.6 is 23.2 Å². The fourth-order valence-electron chi connectivity index (χ4n) is 5.25. The molecule has 0 saturated carbocycles. The zero-order valence-electron chi connectivity index (χ0n) is 21.2. The average Bonchev–Trinajstić information content (AvgIpc) is 3.60. The summed E-state index contributed by atoms with van der Waals surface area (Å²) in [6.45, 7) is 5.68. The number of benzene rings is 2. The SMILES string of the molecule is CC(Oc1nc(-c2ccc(C(=O)N3CCCC3CN3CCCC3)cc2)cnc1N)c1c(Cl)ccc(F)c1Cl. The van der Waals surface area contributed by atoms with Gasteiger partial charge in [-0.05, 0) is 70.0 Å². The minimum absolute atomic E-state index is 0.0586. The van der Waals surface area contributed by atoms with E-state index in [1.165, 1.54) is 25.0 Å². The Morgan fingerprint density at radius 1 is 1.13 bits per heavy atom. The Morgan fingerprint density at radius 3 is 2.61 bits per heavy atom. The van der Waals surface area contributed by atoms with Crippen molar-refractivity contribution in [2.45, 2.75) is 44.8 Å². The maximum Gasteiger partial charge on any atom is 0.258 e. The summed E-state index contributed by atoms with van der Waals surface area (Å²) >= 11 is 12.4. The largest absolute Gasteiger partial charge is 0.467 e. The van der Waals surface area contributed by atoms with Gasteiger partial charge in [0.25, 0.3) is 11.8 Å². The zero-order chi connectivity index (χ0) is 26.8. The van der Waals surface area contributed by atoms with Crippen molar-refractivity contribution in [3.63, 3.8) is 0 Å². The van der Waals surface area contributed by atoms with Gasteiger partial charge in [-0.2, -0.15) is 0 Å². The van der Waals surface area contributed by atoms with Gasteiger partial charge in [0.2, 0.25) is 0 Å². The van der Waals surface area contributed by atoms with Crippen molar-refractivity contribution in [2.24, 2.45) is 0 Å². The highest BCUT2D eigenvalue weighted by Crippen LogP contribution is 2.36.